The molecule has 1 aromatic heterocycles. The fraction of sp³-hybridized carbons (Fsp3) is 0.0588. The average molecular weight is 296 g/mol. The van der Waals surface area contributed by atoms with Crippen molar-refractivity contribution in [1.82, 2.24) is 4.57 Å². The molecule has 3 aromatic rings. The maximum Gasteiger partial charge on any atom is 0.152 e. The summed E-state index contributed by atoms with van der Waals surface area (Å²) >= 11 is 0. The molecule has 0 aliphatic carbocycles. The second-order valence-corrected chi connectivity index (χ2v) is 4.86. The van der Waals surface area contributed by atoms with Gasteiger partial charge in [-0.2, -0.15) is 0 Å². The summed E-state index contributed by atoms with van der Waals surface area (Å²) in [6, 6.07) is 12.9. The van der Waals surface area contributed by atoms with E-state index in [2.05, 4.69) is 0 Å². The van der Waals surface area contributed by atoms with Gasteiger partial charge in [0.2, 0.25) is 0 Å². The van der Waals surface area contributed by atoms with Crippen molar-refractivity contribution in [1.29, 1.82) is 0 Å². The van der Waals surface area contributed by atoms with Gasteiger partial charge in [0.25, 0.3) is 0 Å². The number of halogens is 1. The lowest BCUT2D eigenvalue weighted by molar-refractivity contribution is -0.255. The van der Waals surface area contributed by atoms with E-state index in [-0.39, 0.29) is 17.8 Å². The van der Waals surface area contributed by atoms with E-state index in [0.29, 0.717) is 22.8 Å². The molecule has 0 radical (unpaired) electrons. The summed E-state index contributed by atoms with van der Waals surface area (Å²) in [4.78, 5) is 22.8. The fourth-order valence-corrected chi connectivity index (χ4v) is 2.63. The molecule has 2 aromatic carbocycles. The molecule has 0 aliphatic heterocycles. The van der Waals surface area contributed by atoms with Crippen molar-refractivity contribution >= 4 is 23.2 Å². The standard InChI is InChI=1S/C17H12FNO3/c18-14-7-3-1-5-11(14)9-19-15-8-4-2-6-12(15)13(10-20)16(19)17(21)22/h1-8,10H,9H2,(H,21,22)/p-1. The highest BCUT2D eigenvalue weighted by molar-refractivity contribution is 6.07. The fourth-order valence-electron chi connectivity index (χ4n) is 2.63. The molecular formula is C17H11FNO3-. The number of fused-ring (bicyclic) bond motifs is 1. The zero-order chi connectivity index (χ0) is 15.7. The molecule has 0 saturated heterocycles. The maximum absolute atomic E-state index is 13.9. The van der Waals surface area contributed by atoms with Crippen LogP contribution in [0.2, 0.25) is 0 Å². The van der Waals surface area contributed by atoms with Gasteiger partial charge < -0.3 is 14.5 Å². The molecule has 0 fully saturated rings. The lowest BCUT2D eigenvalue weighted by Crippen LogP contribution is -2.27. The van der Waals surface area contributed by atoms with Gasteiger partial charge in [-0.1, -0.05) is 36.4 Å². The number of nitrogens with zero attached hydrogens (tertiary/aromatic N) is 1. The predicted octanol–water partition coefficient (Wildman–Crippen LogP) is 2.00. The van der Waals surface area contributed by atoms with Crippen LogP contribution in [-0.2, 0) is 6.54 Å². The Kier molecular flexibility index (Phi) is 3.47. The van der Waals surface area contributed by atoms with E-state index < -0.39 is 11.8 Å². The summed E-state index contributed by atoms with van der Waals surface area (Å²) in [6.45, 7) is 0.00431. The van der Waals surface area contributed by atoms with Gasteiger partial charge in [-0.15, -0.1) is 0 Å². The number of aldehydes is 1. The number of aromatic carboxylic acids is 1. The minimum absolute atomic E-state index is 0.00431. The number of para-hydroxylation sites is 1. The lowest BCUT2D eigenvalue weighted by Gasteiger charge is -2.12. The van der Waals surface area contributed by atoms with E-state index in [9.17, 15) is 19.1 Å². The Hall–Kier alpha value is -2.95. The van der Waals surface area contributed by atoms with Gasteiger partial charge in [0, 0.05) is 22.0 Å². The number of carbonyl (C=O) groups is 2. The van der Waals surface area contributed by atoms with E-state index >= 15 is 0 Å². The highest BCUT2D eigenvalue weighted by Gasteiger charge is 2.18. The third-order valence-corrected chi connectivity index (χ3v) is 3.61. The summed E-state index contributed by atoms with van der Waals surface area (Å²) in [7, 11) is 0. The van der Waals surface area contributed by atoms with Gasteiger partial charge in [0.1, 0.15) is 5.82 Å². The molecule has 0 unspecified atom stereocenters. The van der Waals surface area contributed by atoms with Crippen LogP contribution in [0.1, 0.15) is 26.4 Å². The second-order valence-electron chi connectivity index (χ2n) is 4.86. The monoisotopic (exact) mass is 296 g/mol. The molecule has 0 aliphatic rings. The largest absolute Gasteiger partial charge is 0.543 e. The van der Waals surface area contributed by atoms with Crippen LogP contribution in [0.25, 0.3) is 10.9 Å². The number of hydrogen-bond donors (Lipinski definition) is 0. The van der Waals surface area contributed by atoms with Gasteiger partial charge in [0.05, 0.1) is 18.2 Å². The van der Waals surface area contributed by atoms with Crippen LogP contribution in [0.15, 0.2) is 48.5 Å². The molecule has 4 nitrogen and oxygen atoms in total. The second kappa shape index (κ2) is 5.44. The minimum Gasteiger partial charge on any atom is -0.543 e. The number of carboxylic acids is 1. The molecule has 0 N–H and O–H groups in total. The Balaban J connectivity index is 2.28. The number of rotatable bonds is 4. The van der Waals surface area contributed by atoms with Crippen LogP contribution < -0.4 is 5.11 Å². The van der Waals surface area contributed by atoms with Gasteiger partial charge in [-0.3, -0.25) is 4.79 Å². The van der Waals surface area contributed by atoms with E-state index in [4.69, 9.17) is 0 Å². The van der Waals surface area contributed by atoms with Crippen molar-refractivity contribution in [2.75, 3.05) is 0 Å². The van der Waals surface area contributed by atoms with E-state index in [1.165, 1.54) is 10.6 Å². The molecule has 22 heavy (non-hydrogen) atoms. The summed E-state index contributed by atoms with van der Waals surface area (Å²) in [5.74, 6) is -1.90. The number of hydrogen-bond acceptors (Lipinski definition) is 3. The smallest absolute Gasteiger partial charge is 0.152 e. The predicted molar refractivity (Wildman–Crippen MR) is 77.2 cm³/mol. The van der Waals surface area contributed by atoms with Gasteiger partial charge in [-0.05, 0) is 12.1 Å². The van der Waals surface area contributed by atoms with Gasteiger partial charge in [-0.25, -0.2) is 4.39 Å². The van der Waals surface area contributed by atoms with E-state index in [1.807, 2.05) is 0 Å². The Bertz CT molecular complexity index is 883. The van der Waals surface area contributed by atoms with Crippen LogP contribution in [-0.4, -0.2) is 16.8 Å². The number of aromatic nitrogens is 1. The Morgan fingerprint density at radius 3 is 2.50 bits per heavy atom. The first-order valence-electron chi connectivity index (χ1n) is 6.64. The summed E-state index contributed by atoms with van der Waals surface area (Å²) in [5, 5.41) is 12.0. The van der Waals surface area contributed by atoms with Crippen molar-refractivity contribution in [3.63, 3.8) is 0 Å². The first-order valence-corrected chi connectivity index (χ1v) is 6.64. The van der Waals surface area contributed by atoms with E-state index in [1.54, 1.807) is 42.5 Å². The highest BCUT2D eigenvalue weighted by atomic mass is 19.1. The van der Waals surface area contributed by atoms with Gasteiger partial charge in [0.15, 0.2) is 6.29 Å². The van der Waals surface area contributed by atoms with Crippen LogP contribution in [0.4, 0.5) is 4.39 Å². The topological polar surface area (TPSA) is 62.1 Å². The summed E-state index contributed by atoms with van der Waals surface area (Å²) in [6.07, 6.45) is 0.491. The molecular weight excluding hydrogens is 285 g/mol. The van der Waals surface area contributed by atoms with Crippen molar-refractivity contribution in [3.05, 3.63) is 71.2 Å². The first-order chi connectivity index (χ1) is 10.6. The van der Waals surface area contributed by atoms with Crippen LogP contribution in [0.3, 0.4) is 0 Å². The number of carboxylic acid groups (broad SMARTS) is 1. The van der Waals surface area contributed by atoms with Crippen molar-refractivity contribution in [2.45, 2.75) is 6.54 Å². The number of benzene rings is 2. The molecule has 3 rings (SSSR count). The zero-order valence-corrected chi connectivity index (χ0v) is 11.5. The normalized spacial score (nSPS) is 10.8. The van der Waals surface area contributed by atoms with Gasteiger partial charge >= 0.3 is 0 Å². The molecule has 110 valence electrons. The van der Waals surface area contributed by atoms with Crippen molar-refractivity contribution in [2.24, 2.45) is 0 Å². The maximum atomic E-state index is 13.9. The summed E-state index contributed by atoms with van der Waals surface area (Å²) in [5.41, 5.74) is 0.696. The molecule has 0 atom stereocenters. The summed E-state index contributed by atoms with van der Waals surface area (Å²) < 4.78 is 15.2. The van der Waals surface area contributed by atoms with Crippen LogP contribution in [0, 0.1) is 5.82 Å². The first kappa shape index (κ1) is 14.0. The molecule has 0 saturated carbocycles. The van der Waals surface area contributed by atoms with Crippen molar-refractivity contribution in [3.8, 4) is 0 Å². The molecule has 5 heteroatoms. The van der Waals surface area contributed by atoms with Crippen molar-refractivity contribution < 1.29 is 19.1 Å². The molecule has 0 spiro atoms. The average Bonchev–Trinajstić information content (AvgIpc) is 2.83. The lowest BCUT2D eigenvalue weighted by atomic mass is 10.1. The van der Waals surface area contributed by atoms with Crippen LogP contribution >= 0.6 is 0 Å². The number of carbonyl (C=O) groups excluding carboxylic acids is 2. The zero-order valence-electron chi connectivity index (χ0n) is 11.5. The highest BCUT2D eigenvalue weighted by Crippen LogP contribution is 2.26. The third kappa shape index (κ3) is 2.16. The molecule has 1 heterocycles. The Labute approximate surface area is 125 Å². The Morgan fingerprint density at radius 2 is 1.82 bits per heavy atom. The van der Waals surface area contributed by atoms with Crippen LogP contribution in [0.5, 0.6) is 0 Å². The minimum atomic E-state index is -1.46. The Morgan fingerprint density at radius 1 is 1.14 bits per heavy atom. The molecule has 0 bridgehead atoms. The molecule has 0 amide bonds. The third-order valence-electron chi connectivity index (χ3n) is 3.61. The quantitative estimate of drug-likeness (QED) is 0.692. The SMILES string of the molecule is O=Cc1c(C(=O)[O-])n(Cc2ccccc2F)c2ccccc12. The van der Waals surface area contributed by atoms with E-state index in [0.717, 1.165) is 0 Å².